The third-order valence-corrected chi connectivity index (χ3v) is 5.57. The lowest BCUT2D eigenvalue weighted by Gasteiger charge is -2.17. The summed E-state index contributed by atoms with van der Waals surface area (Å²) in [6.45, 7) is 0. The molecule has 7 heteroatoms. The molecule has 4 nitrogen and oxygen atoms in total. The first-order chi connectivity index (χ1) is 13.9. The van der Waals surface area contributed by atoms with Crippen LogP contribution in [0.2, 0.25) is 15.1 Å². The highest BCUT2D eigenvalue weighted by Gasteiger charge is 2.35. The molecule has 0 aromatic heterocycles. The maximum absolute atomic E-state index is 13.4. The van der Waals surface area contributed by atoms with Gasteiger partial charge in [-0.1, -0.05) is 46.9 Å². The molecule has 1 aliphatic heterocycles. The van der Waals surface area contributed by atoms with E-state index < -0.39 is 5.97 Å². The van der Waals surface area contributed by atoms with Crippen molar-refractivity contribution in [3.63, 3.8) is 0 Å². The van der Waals surface area contributed by atoms with Gasteiger partial charge >= 0.3 is 5.97 Å². The molecule has 0 bridgehead atoms. The molecule has 29 heavy (non-hydrogen) atoms. The minimum Gasteiger partial charge on any atom is -0.478 e. The van der Waals surface area contributed by atoms with Gasteiger partial charge in [0.2, 0.25) is 0 Å². The van der Waals surface area contributed by atoms with Gasteiger partial charge in [0, 0.05) is 26.9 Å². The van der Waals surface area contributed by atoms with Gasteiger partial charge in [-0.3, -0.25) is 9.69 Å². The zero-order valence-corrected chi connectivity index (χ0v) is 17.0. The molecular formula is C22H12Cl3NO3. The number of carboxylic acids is 1. The van der Waals surface area contributed by atoms with Gasteiger partial charge in [-0.05, 0) is 54.6 Å². The van der Waals surface area contributed by atoms with Crippen LogP contribution in [0.4, 0.5) is 11.4 Å². The predicted octanol–water partition coefficient (Wildman–Crippen LogP) is 6.56. The van der Waals surface area contributed by atoms with E-state index in [1.165, 1.54) is 17.0 Å². The average molecular weight is 445 g/mol. The number of carbonyl (C=O) groups excluding carboxylic acids is 1. The number of nitrogens with zero attached hydrogens (tertiary/aromatic N) is 1. The quantitative estimate of drug-likeness (QED) is 0.465. The smallest absolute Gasteiger partial charge is 0.335 e. The SMILES string of the molecule is O=C(O)c1ccc(N2C(=O)/C(=C/c3c(Cl)cccc3Cl)c3c(Cl)cccc32)cc1. The maximum atomic E-state index is 13.4. The Bertz CT molecular complexity index is 1170. The van der Waals surface area contributed by atoms with E-state index in [2.05, 4.69) is 0 Å². The van der Waals surface area contributed by atoms with Gasteiger partial charge in [0.05, 0.1) is 21.8 Å². The molecule has 0 saturated carbocycles. The Hall–Kier alpha value is -2.79. The summed E-state index contributed by atoms with van der Waals surface area (Å²) in [6, 6.07) is 16.4. The van der Waals surface area contributed by atoms with E-state index >= 15 is 0 Å². The zero-order chi connectivity index (χ0) is 20.7. The number of halogens is 3. The molecule has 0 atom stereocenters. The average Bonchev–Trinajstić information content (AvgIpc) is 2.97. The van der Waals surface area contributed by atoms with Gasteiger partial charge in [-0.2, -0.15) is 0 Å². The Morgan fingerprint density at radius 3 is 2.07 bits per heavy atom. The van der Waals surface area contributed by atoms with Crippen LogP contribution < -0.4 is 4.90 Å². The number of aromatic carboxylic acids is 1. The molecule has 0 aliphatic carbocycles. The molecule has 0 radical (unpaired) electrons. The summed E-state index contributed by atoms with van der Waals surface area (Å²) in [5, 5.41) is 10.4. The highest BCUT2D eigenvalue weighted by Crippen LogP contribution is 2.46. The van der Waals surface area contributed by atoms with Gasteiger partial charge in [0.25, 0.3) is 5.91 Å². The number of carboxylic acid groups (broad SMARTS) is 1. The lowest BCUT2D eigenvalue weighted by Crippen LogP contribution is -2.20. The van der Waals surface area contributed by atoms with Crippen molar-refractivity contribution in [2.24, 2.45) is 0 Å². The van der Waals surface area contributed by atoms with Crippen molar-refractivity contribution in [3.05, 3.63) is 92.4 Å². The van der Waals surface area contributed by atoms with E-state index in [1.54, 1.807) is 54.6 Å². The van der Waals surface area contributed by atoms with Crippen LogP contribution in [0.1, 0.15) is 21.5 Å². The minimum absolute atomic E-state index is 0.130. The van der Waals surface area contributed by atoms with Crippen molar-refractivity contribution < 1.29 is 14.7 Å². The molecule has 1 aliphatic rings. The van der Waals surface area contributed by atoms with Crippen LogP contribution in [0.5, 0.6) is 0 Å². The molecule has 0 fully saturated rings. The lowest BCUT2D eigenvalue weighted by atomic mass is 10.0. The first-order valence-electron chi connectivity index (χ1n) is 8.51. The summed E-state index contributed by atoms with van der Waals surface area (Å²) >= 11 is 19.0. The maximum Gasteiger partial charge on any atom is 0.335 e. The monoisotopic (exact) mass is 443 g/mol. The second kappa shape index (κ2) is 7.56. The topological polar surface area (TPSA) is 57.6 Å². The Morgan fingerprint density at radius 1 is 0.862 bits per heavy atom. The summed E-state index contributed by atoms with van der Waals surface area (Å²) in [6.07, 6.45) is 1.63. The van der Waals surface area contributed by atoms with Crippen LogP contribution in [0.15, 0.2) is 60.7 Å². The summed E-state index contributed by atoms with van der Waals surface area (Å²) in [4.78, 5) is 26.0. The molecule has 144 valence electrons. The predicted molar refractivity (Wildman–Crippen MR) is 116 cm³/mol. The number of fused-ring (bicyclic) bond motifs is 1. The van der Waals surface area contributed by atoms with Crippen LogP contribution in [-0.4, -0.2) is 17.0 Å². The number of anilines is 2. The van der Waals surface area contributed by atoms with Gasteiger partial charge < -0.3 is 5.11 Å². The number of carbonyl (C=O) groups is 2. The molecule has 1 amide bonds. The summed E-state index contributed by atoms with van der Waals surface area (Å²) in [7, 11) is 0. The van der Waals surface area contributed by atoms with Gasteiger partial charge in [0.1, 0.15) is 0 Å². The molecular weight excluding hydrogens is 433 g/mol. The van der Waals surface area contributed by atoms with Crippen molar-refractivity contribution in [1.82, 2.24) is 0 Å². The fourth-order valence-electron chi connectivity index (χ4n) is 3.24. The first kappa shape index (κ1) is 19.5. The summed E-state index contributed by atoms with van der Waals surface area (Å²) in [5.41, 5.74) is 2.69. The number of amides is 1. The number of benzene rings is 3. The summed E-state index contributed by atoms with van der Waals surface area (Å²) < 4.78 is 0. The van der Waals surface area contributed by atoms with E-state index in [1.807, 2.05) is 0 Å². The standard InChI is InChI=1S/C22H12Cl3NO3/c23-16-3-1-4-17(24)14(16)11-15-20-18(25)5-2-6-19(20)26(21(15)27)13-9-7-12(8-10-13)22(28)29/h1-11H,(H,28,29)/b15-11+. The lowest BCUT2D eigenvalue weighted by molar-refractivity contribution is -0.112. The number of rotatable bonds is 3. The van der Waals surface area contributed by atoms with Gasteiger partial charge in [-0.15, -0.1) is 0 Å². The molecule has 3 aromatic carbocycles. The third-order valence-electron chi connectivity index (χ3n) is 4.60. The molecule has 0 spiro atoms. The van der Waals surface area contributed by atoms with Gasteiger partial charge in [0.15, 0.2) is 0 Å². The first-order valence-corrected chi connectivity index (χ1v) is 9.64. The minimum atomic E-state index is -1.04. The third kappa shape index (κ3) is 3.40. The number of hydrogen-bond acceptors (Lipinski definition) is 2. The molecule has 1 N–H and O–H groups in total. The van der Waals surface area contributed by atoms with Crippen molar-refractivity contribution in [2.75, 3.05) is 4.90 Å². The Kier molecular flexibility index (Phi) is 5.09. The largest absolute Gasteiger partial charge is 0.478 e. The molecule has 4 rings (SSSR count). The normalized spacial score (nSPS) is 14.4. The molecule has 0 saturated heterocycles. The van der Waals surface area contributed by atoms with E-state index in [-0.39, 0.29) is 11.5 Å². The van der Waals surface area contributed by atoms with E-state index in [0.29, 0.717) is 43.1 Å². The van der Waals surface area contributed by atoms with Crippen LogP contribution in [-0.2, 0) is 4.79 Å². The van der Waals surface area contributed by atoms with Crippen molar-refractivity contribution in [2.45, 2.75) is 0 Å². The van der Waals surface area contributed by atoms with E-state index in [9.17, 15) is 9.59 Å². The highest BCUT2D eigenvalue weighted by molar-refractivity contribution is 6.45. The van der Waals surface area contributed by atoms with Crippen molar-refractivity contribution in [3.8, 4) is 0 Å². The number of hydrogen-bond donors (Lipinski definition) is 1. The Balaban J connectivity index is 1.89. The Morgan fingerprint density at radius 2 is 1.45 bits per heavy atom. The molecule has 3 aromatic rings. The Labute approximate surface area is 181 Å². The fourth-order valence-corrected chi connectivity index (χ4v) is 4.02. The second-order valence-corrected chi connectivity index (χ2v) is 7.54. The van der Waals surface area contributed by atoms with E-state index in [4.69, 9.17) is 39.9 Å². The second-order valence-electron chi connectivity index (χ2n) is 6.32. The van der Waals surface area contributed by atoms with Crippen molar-refractivity contribution >= 4 is 69.7 Å². The van der Waals surface area contributed by atoms with Crippen LogP contribution in [0, 0.1) is 0 Å². The fraction of sp³-hybridized carbons (Fsp3) is 0. The summed E-state index contributed by atoms with van der Waals surface area (Å²) in [5.74, 6) is -1.35. The van der Waals surface area contributed by atoms with Crippen LogP contribution in [0.3, 0.4) is 0 Å². The van der Waals surface area contributed by atoms with Crippen LogP contribution in [0.25, 0.3) is 11.6 Å². The van der Waals surface area contributed by atoms with Crippen molar-refractivity contribution in [1.29, 1.82) is 0 Å². The molecule has 0 unspecified atom stereocenters. The van der Waals surface area contributed by atoms with Gasteiger partial charge in [-0.25, -0.2) is 4.79 Å². The molecule has 1 heterocycles. The highest BCUT2D eigenvalue weighted by atomic mass is 35.5. The zero-order valence-electron chi connectivity index (χ0n) is 14.7. The van der Waals surface area contributed by atoms with Crippen LogP contribution >= 0.6 is 34.8 Å². The van der Waals surface area contributed by atoms with E-state index in [0.717, 1.165) is 0 Å².